The minimum Gasteiger partial charge on any atom is -0.497 e. The lowest BCUT2D eigenvalue weighted by Gasteiger charge is -2.15. The Hall–Kier alpha value is -1.14. The van der Waals surface area contributed by atoms with Crippen molar-refractivity contribution in [3.63, 3.8) is 0 Å². The topological polar surface area (TPSA) is 35.2 Å². The molecule has 0 fully saturated rings. The van der Waals surface area contributed by atoms with Crippen LogP contribution in [-0.4, -0.2) is 7.11 Å². The zero-order valence-corrected chi connectivity index (χ0v) is 12.0. The van der Waals surface area contributed by atoms with E-state index in [0.29, 0.717) is 0 Å². The van der Waals surface area contributed by atoms with Crippen LogP contribution in [0.4, 0.5) is 4.39 Å². The smallest absolute Gasteiger partial charge is 0.124 e. The van der Waals surface area contributed by atoms with Gasteiger partial charge in [-0.15, -0.1) is 0 Å². The standard InChI is InChI=1S/C14H13FINO/c1-18-11-5-2-9(3-6-11)14(17)12-7-4-10(15)8-13(12)16/h2-8,14H,17H2,1H3. The minimum atomic E-state index is -0.261. The highest BCUT2D eigenvalue weighted by atomic mass is 127. The highest BCUT2D eigenvalue weighted by Gasteiger charge is 2.12. The molecule has 0 spiro atoms. The molecule has 18 heavy (non-hydrogen) atoms. The summed E-state index contributed by atoms with van der Waals surface area (Å²) >= 11 is 2.10. The molecule has 0 aliphatic carbocycles. The van der Waals surface area contributed by atoms with E-state index in [1.54, 1.807) is 13.2 Å². The first-order chi connectivity index (χ1) is 8.61. The van der Waals surface area contributed by atoms with E-state index >= 15 is 0 Å². The number of hydrogen-bond donors (Lipinski definition) is 1. The van der Waals surface area contributed by atoms with Crippen LogP contribution in [0.1, 0.15) is 17.2 Å². The molecule has 0 bridgehead atoms. The van der Waals surface area contributed by atoms with Gasteiger partial charge in [0.25, 0.3) is 0 Å². The van der Waals surface area contributed by atoms with E-state index in [9.17, 15) is 4.39 Å². The van der Waals surface area contributed by atoms with E-state index in [1.165, 1.54) is 12.1 Å². The van der Waals surface area contributed by atoms with Crippen LogP contribution in [0.15, 0.2) is 42.5 Å². The second-order valence-corrected chi connectivity index (χ2v) is 5.08. The number of benzene rings is 2. The van der Waals surface area contributed by atoms with E-state index < -0.39 is 0 Å². The summed E-state index contributed by atoms with van der Waals surface area (Å²) in [7, 11) is 1.62. The van der Waals surface area contributed by atoms with Gasteiger partial charge in [0.05, 0.1) is 13.2 Å². The molecular formula is C14H13FINO. The molecular weight excluding hydrogens is 344 g/mol. The van der Waals surface area contributed by atoms with Gasteiger partial charge in [-0.3, -0.25) is 0 Å². The summed E-state index contributed by atoms with van der Waals surface area (Å²) in [5.74, 6) is 0.546. The van der Waals surface area contributed by atoms with Crippen molar-refractivity contribution in [3.05, 3.63) is 63.0 Å². The second-order valence-electron chi connectivity index (χ2n) is 3.92. The van der Waals surface area contributed by atoms with Gasteiger partial charge in [0, 0.05) is 3.57 Å². The summed E-state index contributed by atoms with van der Waals surface area (Å²) in [4.78, 5) is 0. The molecule has 2 N–H and O–H groups in total. The normalized spacial score (nSPS) is 12.2. The quantitative estimate of drug-likeness (QED) is 0.854. The van der Waals surface area contributed by atoms with Crippen LogP contribution in [0.25, 0.3) is 0 Å². The van der Waals surface area contributed by atoms with E-state index in [4.69, 9.17) is 10.5 Å². The molecule has 0 aliphatic heterocycles. The maximum absolute atomic E-state index is 13.0. The van der Waals surface area contributed by atoms with Gasteiger partial charge in [-0.2, -0.15) is 0 Å². The monoisotopic (exact) mass is 357 g/mol. The van der Waals surface area contributed by atoms with Crippen molar-refractivity contribution in [2.45, 2.75) is 6.04 Å². The molecule has 2 nitrogen and oxygen atoms in total. The van der Waals surface area contributed by atoms with Crippen LogP contribution >= 0.6 is 22.6 Å². The number of nitrogens with two attached hydrogens (primary N) is 1. The maximum atomic E-state index is 13.0. The predicted octanol–water partition coefficient (Wildman–Crippen LogP) is 3.49. The van der Waals surface area contributed by atoms with Gasteiger partial charge in [0.15, 0.2) is 0 Å². The Morgan fingerprint density at radius 3 is 2.39 bits per heavy atom. The first-order valence-corrected chi connectivity index (χ1v) is 6.54. The van der Waals surface area contributed by atoms with Gasteiger partial charge in [0.1, 0.15) is 11.6 Å². The lowest BCUT2D eigenvalue weighted by molar-refractivity contribution is 0.414. The van der Waals surface area contributed by atoms with Crippen molar-refractivity contribution >= 4 is 22.6 Å². The molecule has 94 valence electrons. The number of rotatable bonds is 3. The van der Waals surface area contributed by atoms with Crippen LogP contribution < -0.4 is 10.5 Å². The van der Waals surface area contributed by atoms with Crippen molar-refractivity contribution in [1.82, 2.24) is 0 Å². The first kappa shape index (κ1) is 13.3. The summed E-state index contributed by atoms with van der Waals surface area (Å²) in [5.41, 5.74) is 8.08. The summed E-state index contributed by atoms with van der Waals surface area (Å²) in [6, 6.07) is 12.0. The molecule has 4 heteroatoms. The molecule has 0 aromatic heterocycles. The second kappa shape index (κ2) is 5.67. The molecule has 2 aromatic carbocycles. The number of hydrogen-bond acceptors (Lipinski definition) is 2. The molecule has 0 saturated carbocycles. The minimum absolute atomic E-state index is 0.245. The van der Waals surface area contributed by atoms with E-state index in [0.717, 1.165) is 20.4 Å². The Labute approximate surface area is 119 Å². The highest BCUT2D eigenvalue weighted by Crippen LogP contribution is 2.26. The van der Waals surface area contributed by atoms with Crippen molar-refractivity contribution in [2.24, 2.45) is 5.73 Å². The zero-order valence-electron chi connectivity index (χ0n) is 9.86. The zero-order chi connectivity index (χ0) is 13.1. The Bertz CT molecular complexity index is 542. The molecule has 2 aromatic rings. The molecule has 1 atom stereocenters. The molecule has 0 radical (unpaired) electrons. The lowest BCUT2D eigenvalue weighted by Crippen LogP contribution is -2.13. The SMILES string of the molecule is COc1ccc(C(N)c2ccc(F)cc2I)cc1. The summed E-state index contributed by atoms with van der Waals surface area (Å²) in [6.07, 6.45) is 0. The van der Waals surface area contributed by atoms with Gasteiger partial charge in [-0.1, -0.05) is 18.2 Å². The average Bonchev–Trinajstić information content (AvgIpc) is 2.38. The Kier molecular flexibility index (Phi) is 4.19. The fraction of sp³-hybridized carbons (Fsp3) is 0.143. The molecule has 1 unspecified atom stereocenters. The Balaban J connectivity index is 2.31. The van der Waals surface area contributed by atoms with Crippen LogP contribution in [-0.2, 0) is 0 Å². The van der Waals surface area contributed by atoms with E-state index in [-0.39, 0.29) is 11.9 Å². The summed E-state index contributed by atoms with van der Waals surface area (Å²) in [5, 5.41) is 0. The van der Waals surface area contributed by atoms with Crippen LogP contribution in [0.2, 0.25) is 0 Å². The Morgan fingerprint density at radius 2 is 1.83 bits per heavy atom. The molecule has 0 amide bonds. The van der Waals surface area contributed by atoms with Gasteiger partial charge >= 0.3 is 0 Å². The number of ether oxygens (including phenoxy) is 1. The Morgan fingerprint density at radius 1 is 1.17 bits per heavy atom. The predicted molar refractivity (Wildman–Crippen MR) is 78.1 cm³/mol. The fourth-order valence-corrected chi connectivity index (χ4v) is 2.56. The summed E-state index contributed by atoms with van der Waals surface area (Å²) in [6.45, 7) is 0. The average molecular weight is 357 g/mol. The number of halogens is 2. The maximum Gasteiger partial charge on any atom is 0.124 e. The summed E-state index contributed by atoms with van der Waals surface area (Å²) < 4.78 is 19.0. The number of methoxy groups -OCH3 is 1. The van der Waals surface area contributed by atoms with Gasteiger partial charge in [-0.05, 0) is 58.0 Å². The van der Waals surface area contributed by atoms with Crippen molar-refractivity contribution in [2.75, 3.05) is 7.11 Å². The first-order valence-electron chi connectivity index (χ1n) is 5.46. The highest BCUT2D eigenvalue weighted by molar-refractivity contribution is 14.1. The van der Waals surface area contributed by atoms with Crippen LogP contribution in [0.3, 0.4) is 0 Å². The molecule has 0 saturated heterocycles. The molecule has 0 heterocycles. The third-order valence-electron chi connectivity index (χ3n) is 2.77. The van der Waals surface area contributed by atoms with Crippen molar-refractivity contribution in [1.29, 1.82) is 0 Å². The van der Waals surface area contributed by atoms with Crippen molar-refractivity contribution < 1.29 is 9.13 Å². The van der Waals surface area contributed by atoms with E-state index in [1.807, 2.05) is 24.3 Å². The van der Waals surface area contributed by atoms with Crippen LogP contribution in [0.5, 0.6) is 5.75 Å². The largest absolute Gasteiger partial charge is 0.497 e. The van der Waals surface area contributed by atoms with Gasteiger partial charge < -0.3 is 10.5 Å². The van der Waals surface area contributed by atoms with E-state index in [2.05, 4.69) is 22.6 Å². The fourth-order valence-electron chi connectivity index (χ4n) is 1.74. The lowest BCUT2D eigenvalue weighted by atomic mass is 9.99. The third-order valence-corrected chi connectivity index (χ3v) is 3.71. The molecule has 0 aliphatic rings. The van der Waals surface area contributed by atoms with Crippen molar-refractivity contribution in [3.8, 4) is 5.75 Å². The van der Waals surface area contributed by atoms with Crippen LogP contribution in [0, 0.1) is 9.39 Å². The van der Waals surface area contributed by atoms with Gasteiger partial charge in [-0.25, -0.2) is 4.39 Å². The third kappa shape index (κ3) is 2.81. The van der Waals surface area contributed by atoms with Gasteiger partial charge in [0.2, 0.25) is 0 Å². The molecule has 2 rings (SSSR count).